The topological polar surface area (TPSA) is 158 Å². The van der Waals surface area contributed by atoms with Gasteiger partial charge in [0.25, 0.3) is 11.6 Å². The van der Waals surface area contributed by atoms with Crippen molar-refractivity contribution in [3.63, 3.8) is 0 Å². The Bertz CT molecular complexity index is 1290. The van der Waals surface area contributed by atoms with Crippen LogP contribution in [0.2, 0.25) is 0 Å². The van der Waals surface area contributed by atoms with Crippen molar-refractivity contribution in [3.8, 4) is 11.6 Å². The first kappa shape index (κ1) is 24.8. The molecule has 0 aliphatic carbocycles. The van der Waals surface area contributed by atoms with Gasteiger partial charge in [0, 0.05) is 50.2 Å². The summed E-state index contributed by atoms with van der Waals surface area (Å²) >= 11 is 0. The van der Waals surface area contributed by atoms with E-state index in [1.165, 1.54) is 23.9 Å². The second-order valence-electron chi connectivity index (χ2n) is 7.46. The smallest absolute Gasteiger partial charge is 0.272 e. The number of pyridine rings is 1. The first-order valence-electron chi connectivity index (χ1n) is 10.3. The molecule has 0 bridgehead atoms. The Labute approximate surface area is 196 Å². The molecule has 0 saturated carbocycles. The lowest BCUT2D eigenvalue weighted by molar-refractivity contribution is -0.385. The van der Waals surface area contributed by atoms with E-state index in [1.54, 1.807) is 32.3 Å². The molecule has 13 heteroatoms. The van der Waals surface area contributed by atoms with Crippen LogP contribution in [-0.4, -0.2) is 40.1 Å². The molecule has 180 valence electrons. The first-order valence-corrected chi connectivity index (χ1v) is 11.8. The van der Waals surface area contributed by atoms with Crippen LogP contribution in [-0.2, 0) is 23.6 Å². The van der Waals surface area contributed by atoms with Crippen molar-refractivity contribution in [1.29, 1.82) is 0 Å². The molecule has 0 saturated heterocycles. The summed E-state index contributed by atoms with van der Waals surface area (Å²) in [6.45, 7) is 3.72. The number of benzene rings is 1. The molecule has 0 aliphatic heterocycles. The third-order valence-corrected chi connectivity index (χ3v) is 6.47. The van der Waals surface area contributed by atoms with Gasteiger partial charge in [-0.3, -0.25) is 19.9 Å². The number of rotatable bonds is 10. The maximum Gasteiger partial charge on any atom is 0.272 e. The molecule has 0 spiro atoms. The molecule has 1 amide bonds. The van der Waals surface area contributed by atoms with Crippen LogP contribution in [0.5, 0.6) is 11.6 Å². The number of aromatic nitrogens is 3. The number of amides is 1. The molecular formula is C21H24N6O6S. The Morgan fingerprint density at radius 3 is 2.71 bits per heavy atom. The standard InChI is InChI=1S/C21H24N6O6S/c1-4-14(2)25-34(31,32)19-10-16(27(29)30)7-8-18(19)33-20-11-17(24-26(20)3)21(28)23-13-15-6-5-9-22-12-15/h5-12,14,25H,4,13H2,1-3H3,(H,23,28)/t14-/m1/s1. The third-order valence-electron chi connectivity index (χ3n) is 4.86. The molecule has 1 atom stereocenters. The van der Waals surface area contributed by atoms with Crippen molar-refractivity contribution in [2.75, 3.05) is 0 Å². The van der Waals surface area contributed by atoms with E-state index >= 15 is 0 Å². The van der Waals surface area contributed by atoms with Crippen LogP contribution in [0, 0.1) is 10.1 Å². The van der Waals surface area contributed by atoms with Crippen LogP contribution in [0.1, 0.15) is 36.3 Å². The molecule has 2 aromatic heterocycles. The van der Waals surface area contributed by atoms with E-state index in [2.05, 4.69) is 20.1 Å². The Morgan fingerprint density at radius 1 is 1.29 bits per heavy atom. The molecule has 2 heterocycles. The van der Waals surface area contributed by atoms with Gasteiger partial charge < -0.3 is 10.1 Å². The van der Waals surface area contributed by atoms with E-state index in [-0.39, 0.29) is 23.9 Å². The predicted octanol–water partition coefficient (Wildman–Crippen LogP) is 2.52. The number of nitrogens with one attached hydrogen (secondary N) is 2. The zero-order chi connectivity index (χ0) is 24.9. The maximum absolute atomic E-state index is 12.9. The molecule has 1 aromatic carbocycles. The van der Waals surface area contributed by atoms with E-state index in [0.717, 1.165) is 17.7 Å². The van der Waals surface area contributed by atoms with E-state index in [1.807, 2.05) is 6.07 Å². The number of hydrogen-bond acceptors (Lipinski definition) is 8. The SMILES string of the molecule is CC[C@@H](C)NS(=O)(=O)c1cc([N+](=O)[O-])ccc1Oc1cc(C(=O)NCc2cccnc2)nn1C. The summed E-state index contributed by atoms with van der Waals surface area (Å²) in [4.78, 5) is 26.6. The highest BCUT2D eigenvalue weighted by Gasteiger charge is 2.26. The third kappa shape index (κ3) is 5.94. The summed E-state index contributed by atoms with van der Waals surface area (Å²) in [7, 11) is -2.62. The molecule has 0 radical (unpaired) electrons. The molecule has 2 N–H and O–H groups in total. The Balaban J connectivity index is 1.87. The summed E-state index contributed by atoms with van der Waals surface area (Å²) < 4.78 is 35.3. The highest BCUT2D eigenvalue weighted by Crippen LogP contribution is 2.32. The summed E-state index contributed by atoms with van der Waals surface area (Å²) in [6.07, 6.45) is 3.76. The highest BCUT2D eigenvalue weighted by atomic mass is 32.2. The Morgan fingerprint density at radius 2 is 2.06 bits per heavy atom. The fourth-order valence-electron chi connectivity index (χ4n) is 2.86. The fraction of sp³-hybridized carbons (Fsp3) is 0.286. The maximum atomic E-state index is 12.9. The number of aryl methyl sites for hydroxylation is 1. The highest BCUT2D eigenvalue weighted by molar-refractivity contribution is 7.89. The Kier molecular flexibility index (Phi) is 7.58. The number of nitrogens with zero attached hydrogens (tertiary/aromatic N) is 4. The first-order chi connectivity index (χ1) is 16.1. The lowest BCUT2D eigenvalue weighted by Gasteiger charge is -2.15. The lowest BCUT2D eigenvalue weighted by atomic mass is 10.3. The molecule has 12 nitrogen and oxygen atoms in total. The minimum atomic E-state index is -4.13. The minimum Gasteiger partial charge on any atom is -0.438 e. The van der Waals surface area contributed by atoms with Gasteiger partial charge in [-0.15, -0.1) is 0 Å². The number of non-ortho nitro benzene ring substituents is 1. The van der Waals surface area contributed by atoms with Gasteiger partial charge in [0.05, 0.1) is 4.92 Å². The van der Waals surface area contributed by atoms with Crippen molar-refractivity contribution in [1.82, 2.24) is 24.8 Å². The average Bonchev–Trinajstić information content (AvgIpc) is 3.18. The monoisotopic (exact) mass is 488 g/mol. The van der Waals surface area contributed by atoms with Crippen molar-refractivity contribution in [2.45, 2.75) is 37.8 Å². The van der Waals surface area contributed by atoms with Crippen LogP contribution in [0.25, 0.3) is 0 Å². The number of hydrogen-bond donors (Lipinski definition) is 2. The predicted molar refractivity (Wildman–Crippen MR) is 122 cm³/mol. The molecule has 3 aromatic rings. The number of nitro groups is 1. The van der Waals surface area contributed by atoms with E-state index in [9.17, 15) is 23.3 Å². The van der Waals surface area contributed by atoms with Gasteiger partial charge in [-0.25, -0.2) is 17.8 Å². The van der Waals surface area contributed by atoms with E-state index in [0.29, 0.717) is 6.42 Å². The van der Waals surface area contributed by atoms with Crippen LogP contribution in [0.15, 0.2) is 53.7 Å². The van der Waals surface area contributed by atoms with Gasteiger partial charge in [-0.2, -0.15) is 5.10 Å². The van der Waals surface area contributed by atoms with Crippen LogP contribution >= 0.6 is 0 Å². The van der Waals surface area contributed by atoms with Crippen molar-refractivity contribution >= 4 is 21.6 Å². The number of carbonyl (C=O) groups is 1. The molecule has 3 rings (SSSR count). The minimum absolute atomic E-state index is 0.0467. The van der Waals surface area contributed by atoms with Crippen molar-refractivity contribution in [3.05, 3.63) is 70.2 Å². The number of nitro benzene ring substituents is 1. The van der Waals surface area contributed by atoms with Crippen LogP contribution in [0.4, 0.5) is 5.69 Å². The molecule has 0 unspecified atom stereocenters. The molecule has 34 heavy (non-hydrogen) atoms. The van der Waals surface area contributed by atoms with Gasteiger partial charge in [0.2, 0.25) is 15.9 Å². The summed E-state index contributed by atoms with van der Waals surface area (Å²) in [5.41, 5.74) is 0.445. The number of sulfonamides is 1. The average molecular weight is 489 g/mol. The van der Waals surface area contributed by atoms with Crippen molar-refractivity contribution < 1.29 is 22.9 Å². The van der Waals surface area contributed by atoms with E-state index < -0.39 is 37.5 Å². The Hall–Kier alpha value is -3.84. The zero-order valence-electron chi connectivity index (χ0n) is 18.8. The summed E-state index contributed by atoms with van der Waals surface area (Å²) in [6, 6.07) is 7.76. The number of ether oxygens (including phenoxy) is 1. The van der Waals surface area contributed by atoms with Gasteiger partial charge >= 0.3 is 0 Å². The van der Waals surface area contributed by atoms with Gasteiger partial charge in [-0.1, -0.05) is 13.0 Å². The molecular weight excluding hydrogens is 464 g/mol. The summed E-state index contributed by atoms with van der Waals surface area (Å²) in [5, 5.41) is 18.0. The second-order valence-corrected chi connectivity index (χ2v) is 9.14. The quantitative estimate of drug-likeness (QED) is 0.325. The second kappa shape index (κ2) is 10.4. The normalized spacial score (nSPS) is 12.2. The van der Waals surface area contributed by atoms with Gasteiger partial charge in [0.1, 0.15) is 10.6 Å². The fourth-order valence-corrected chi connectivity index (χ4v) is 4.33. The summed E-state index contributed by atoms with van der Waals surface area (Å²) in [5.74, 6) is -0.545. The van der Waals surface area contributed by atoms with E-state index in [4.69, 9.17) is 4.74 Å². The molecule has 0 fully saturated rings. The van der Waals surface area contributed by atoms with Crippen molar-refractivity contribution in [2.24, 2.45) is 7.05 Å². The zero-order valence-corrected chi connectivity index (χ0v) is 19.6. The largest absolute Gasteiger partial charge is 0.438 e. The van der Waals surface area contributed by atoms with Gasteiger partial charge in [0.15, 0.2) is 5.69 Å². The number of carbonyl (C=O) groups excluding carboxylic acids is 1. The van der Waals surface area contributed by atoms with Crippen LogP contribution < -0.4 is 14.8 Å². The lowest BCUT2D eigenvalue weighted by Crippen LogP contribution is -2.32. The van der Waals surface area contributed by atoms with Crippen LogP contribution in [0.3, 0.4) is 0 Å². The van der Waals surface area contributed by atoms with Gasteiger partial charge in [-0.05, 0) is 31.0 Å². The molecule has 0 aliphatic rings.